The van der Waals surface area contributed by atoms with E-state index in [-0.39, 0.29) is 5.91 Å². The largest absolute Gasteiger partial charge is 0.495 e. The molecule has 3 aromatic rings. The van der Waals surface area contributed by atoms with Crippen molar-refractivity contribution in [3.63, 3.8) is 0 Å². The van der Waals surface area contributed by atoms with Crippen molar-refractivity contribution in [2.45, 2.75) is 36.2 Å². The number of methoxy groups -OCH3 is 1. The molecule has 0 saturated heterocycles. The molecule has 28 heavy (non-hydrogen) atoms. The quantitative estimate of drug-likeness (QED) is 0.583. The van der Waals surface area contributed by atoms with Crippen LogP contribution in [0.5, 0.6) is 5.75 Å². The Kier molecular flexibility index (Phi) is 5.34. The number of thioether (sulfide) groups is 1. The third-order valence-electron chi connectivity index (χ3n) is 4.52. The molecule has 0 spiro atoms. The van der Waals surface area contributed by atoms with E-state index in [1.807, 2.05) is 55.5 Å². The smallest absolute Gasteiger partial charge is 0.277 e. The van der Waals surface area contributed by atoms with Crippen molar-refractivity contribution in [3.8, 4) is 5.75 Å². The molecule has 1 fully saturated rings. The van der Waals surface area contributed by atoms with Gasteiger partial charge in [-0.1, -0.05) is 36.4 Å². The van der Waals surface area contributed by atoms with Gasteiger partial charge in [0.2, 0.25) is 11.8 Å². The Morgan fingerprint density at radius 3 is 2.71 bits per heavy atom. The summed E-state index contributed by atoms with van der Waals surface area (Å²) in [7, 11) is 1.58. The van der Waals surface area contributed by atoms with Crippen LogP contribution in [0.3, 0.4) is 0 Å². The molecule has 0 aliphatic heterocycles. The number of carbonyl (C=O) groups is 1. The van der Waals surface area contributed by atoms with Gasteiger partial charge in [-0.05, 0) is 54.8 Å². The predicted molar refractivity (Wildman–Crippen MR) is 108 cm³/mol. The van der Waals surface area contributed by atoms with Crippen molar-refractivity contribution in [1.82, 2.24) is 10.2 Å². The molecule has 1 atom stereocenters. The van der Waals surface area contributed by atoms with Gasteiger partial charge in [0.25, 0.3) is 5.22 Å². The van der Waals surface area contributed by atoms with Crippen LogP contribution in [0.15, 0.2) is 58.2 Å². The van der Waals surface area contributed by atoms with E-state index in [1.165, 1.54) is 11.8 Å². The van der Waals surface area contributed by atoms with Crippen LogP contribution in [0.1, 0.15) is 41.0 Å². The third-order valence-corrected chi connectivity index (χ3v) is 5.61. The number of hydrogen-bond acceptors (Lipinski definition) is 6. The number of anilines is 1. The van der Waals surface area contributed by atoms with E-state index < -0.39 is 5.25 Å². The molecule has 4 rings (SSSR count). The molecule has 1 aliphatic rings. The Balaban J connectivity index is 1.59. The van der Waals surface area contributed by atoms with Gasteiger partial charge >= 0.3 is 0 Å². The second-order valence-electron chi connectivity index (χ2n) is 6.78. The van der Waals surface area contributed by atoms with Crippen molar-refractivity contribution >= 4 is 23.4 Å². The molecule has 6 nitrogen and oxygen atoms in total. The highest BCUT2D eigenvalue weighted by molar-refractivity contribution is 8.00. The summed E-state index contributed by atoms with van der Waals surface area (Å²) < 4.78 is 11.1. The lowest BCUT2D eigenvalue weighted by molar-refractivity contribution is -0.115. The molecule has 1 N–H and O–H groups in total. The Morgan fingerprint density at radius 1 is 1.21 bits per heavy atom. The zero-order valence-electron chi connectivity index (χ0n) is 15.7. The average molecular weight is 395 g/mol. The minimum absolute atomic E-state index is 0.175. The van der Waals surface area contributed by atoms with E-state index in [2.05, 4.69) is 15.5 Å². The van der Waals surface area contributed by atoms with Gasteiger partial charge in [-0.25, -0.2) is 0 Å². The maximum Gasteiger partial charge on any atom is 0.277 e. The van der Waals surface area contributed by atoms with Gasteiger partial charge in [0, 0.05) is 5.92 Å². The third kappa shape index (κ3) is 4.20. The highest BCUT2D eigenvalue weighted by atomic mass is 32.2. The van der Waals surface area contributed by atoms with E-state index in [0.717, 1.165) is 24.0 Å². The van der Waals surface area contributed by atoms with Gasteiger partial charge in [-0.15, -0.1) is 10.2 Å². The van der Waals surface area contributed by atoms with Crippen LogP contribution >= 0.6 is 11.8 Å². The summed E-state index contributed by atoms with van der Waals surface area (Å²) in [4.78, 5) is 13.2. The highest BCUT2D eigenvalue weighted by Gasteiger charge is 2.31. The zero-order chi connectivity index (χ0) is 19.5. The Hall–Kier alpha value is -2.80. The first kappa shape index (κ1) is 18.6. The summed E-state index contributed by atoms with van der Waals surface area (Å²) in [6, 6.07) is 15.3. The second kappa shape index (κ2) is 8.06. The molecule has 1 aromatic heterocycles. The van der Waals surface area contributed by atoms with Gasteiger partial charge in [-0.2, -0.15) is 0 Å². The monoisotopic (exact) mass is 395 g/mol. The van der Waals surface area contributed by atoms with Crippen LogP contribution in [-0.4, -0.2) is 23.2 Å². The molecule has 0 bridgehead atoms. The molecule has 1 saturated carbocycles. The van der Waals surface area contributed by atoms with Crippen LogP contribution in [0.2, 0.25) is 0 Å². The highest BCUT2D eigenvalue weighted by Crippen LogP contribution is 2.42. The first-order valence-corrected chi connectivity index (χ1v) is 10.0. The molecule has 2 aromatic carbocycles. The van der Waals surface area contributed by atoms with Gasteiger partial charge in [-0.3, -0.25) is 4.79 Å². The van der Waals surface area contributed by atoms with Crippen LogP contribution in [0.4, 0.5) is 5.69 Å². The summed E-state index contributed by atoms with van der Waals surface area (Å²) in [5.41, 5.74) is 2.53. The Labute approximate surface area is 167 Å². The molecule has 1 amide bonds. The molecule has 1 heterocycles. The summed E-state index contributed by atoms with van der Waals surface area (Å²) in [5.74, 6) is 1.48. The Bertz CT molecular complexity index is 970. The standard InChI is InChI=1S/C21H21N3O3S/c1-13-8-11-17(26-2)16(12-13)22-19(25)18(14-6-4-3-5-7-14)28-21-24-23-20(27-21)15-9-10-15/h3-8,11-12,15,18H,9-10H2,1-2H3,(H,22,25). The number of nitrogens with zero attached hydrogens (tertiary/aromatic N) is 2. The number of benzene rings is 2. The fraction of sp³-hybridized carbons (Fsp3) is 0.286. The fourth-order valence-corrected chi connectivity index (χ4v) is 3.76. The normalized spacial score (nSPS) is 14.5. The minimum atomic E-state index is -0.529. The Morgan fingerprint density at radius 2 is 2.00 bits per heavy atom. The average Bonchev–Trinajstić information content (AvgIpc) is 3.45. The lowest BCUT2D eigenvalue weighted by atomic mass is 10.1. The number of rotatable bonds is 7. The van der Waals surface area contributed by atoms with Gasteiger partial charge in [0.05, 0.1) is 12.8 Å². The first-order chi connectivity index (χ1) is 13.6. The van der Waals surface area contributed by atoms with Crippen molar-refractivity contribution < 1.29 is 13.9 Å². The number of nitrogens with one attached hydrogen (secondary N) is 1. The molecule has 7 heteroatoms. The molecule has 1 aliphatic carbocycles. The van der Waals surface area contributed by atoms with Crippen molar-refractivity contribution in [2.75, 3.05) is 12.4 Å². The predicted octanol–water partition coefficient (Wildman–Crippen LogP) is 4.74. The lowest BCUT2D eigenvalue weighted by Crippen LogP contribution is -2.19. The van der Waals surface area contributed by atoms with Crippen LogP contribution in [0, 0.1) is 6.92 Å². The van der Waals surface area contributed by atoms with Crippen molar-refractivity contribution in [2.24, 2.45) is 0 Å². The maximum atomic E-state index is 13.2. The van der Waals surface area contributed by atoms with Crippen LogP contribution in [-0.2, 0) is 4.79 Å². The van der Waals surface area contributed by atoms with Crippen molar-refractivity contribution in [1.29, 1.82) is 0 Å². The second-order valence-corrected chi connectivity index (χ2v) is 7.84. The molecular weight excluding hydrogens is 374 g/mol. The first-order valence-electron chi connectivity index (χ1n) is 9.14. The van der Waals surface area contributed by atoms with E-state index >= 15 is 0 Å². The maximum absolute atomic E-state index is 13.2. The number of aryl methyl sites for hydroxylation is 1. The number of ether oxygens (including phenoxy) is 1. The SMILES string of the molecule is COc1ccc(C)cc1NC(=O)C(Sc1nnc(C2CC2)o1)c1ccccc1. The summed E-state index contributed by atoms with van der Waals surface area (Å²) in [6.07, 6.45) is 2.17. The molecule has 0 radical (unpaired) electrons. The number of aromatic nitrogens is 2. The van der Waals surface area contributed by atoms with Gasteiger partial charge in [0.15, 0.2) is 0 Å². The van der Waals surface area contributed by atoms with Crippen LogP contribution < -0.4 is 10.1 Å². The lowest BCUT2D eigenvalue weighted by Gasteiger charge is -2.17. The number of carbonyl (C=O) groups excluding carboxylic acids is 1. The molecule has 1 unspecified atom stereocenters. The summed E-state index contributed by atoms with van der Waals surface area (Å²) in [6.45, 7) is 1.97. The van der Waals surface area contributed by atoms with E-state index in [1.54, 1.807) is 7.11 Å². The fourth-order valence-electron chi connectivity index (χ4n) is 2.88. The van der Waals surface area contributed by atoms with E-state index in [0.29, 0.717) is 28.5 Å². The summed E-state index contributed by atoms with van der Waals surface area (Å²) >= 11 is 1.26. The molecular formula is C21H21N3O3S. The number of hydrogen-bond donors (Lipinski definition) is 1. The molecule has 144 valence electrons. The zero-order valence-corrected chi connectivity index (χ0v) is 16.5. The van der Waals surface area contributed by atoms with Crippen LogP contribution in [0.25, 0.3) is 0 Å². The topological polar surface area (TPSA) is 77.2 Å². The number of amides is 1. The summed E-state index contributed by atoms with van der Waals surface area (Å²) in [5, 5.41) is 11.1. The van der Waals surface area contributed by atoms with Gasteiger partial charge in [0.1, 0.15) is 11.0 Å². The van der Waals surface area contributed by atoms with E-state index in [4.69, 9.17) is 9.15 Å². The van der Waals surface area contributed by atoms with Gasteiger partial charge < -0.3 is 14.5 Å². The van der Waals surface area contributed by atoms with E-state index in [9.17, 15) is 4.79 Å². The minimum Gasteiger partial charge on any atom is -0.495 e. The van der Waals surface area contributed by atoms with Crippen molar-refractivity contribution in [3.05, 3.63) is 65.5 Å².